The maximum absolute atomic E-state index is 12.0. The Balaban J connectivity index is 2.19. The second kappa shape index (κ2) is 4.93. The first-order chi connectivity index (χ1) is 8.85. The number of nitrogens with one attached hydrogen (secondary N) is 1. The first-order valence-electron chi connectivity index (χ1n) is 5.64. The van der Waals surface area contributed by atoms with Crippen molar-refractivity contribution in [1.82, 2.24) is 5.16 Å². The SMILES string of the molecule is Cc1cc(CS(=O)(=O)Nc2cc(N)ccc2C)no1. The molecule has 0 spiro atoms. The number of nitrogen functional groups attached to an aromatic ring is 1. The molecule has 2 rings (SSSR count). The van der Waals surface area contributed by atoms with E-state index in [0.29, 0.717) is 22.8 Å². The van der Waals surface area contributed by atoms with Crippen molar-refractivity contribution in [1.29, 1.82) is 0 Å². The largest absolute Gasteiger partial charge is 0.399 e. The van der Waals surface area contributed by atoms with Crippen LogP contribution >= 0.6 is 0 Å². The Hall–Kier alpha value is -2.02. The summed E-state index contributed by atoms with van der Waals surface area (Å²) in [5.41, 5.74) is 7.78. The molecule has 3 N–H and O–H groups in total. The summed E-state index contributed by atoms with van der Waals surface area (Å²) in [5.74, 6) is 0.337. The van der Waals surface area contributed by atoms with E-state index in [0.717, 1.165) is 5.56 Å². The van der Waals surface area contributed by atoms with E-state index in [1.165, 1.54) is 0 Å². The standard InChI is InChI=1S/C12H15N3O3S/c1-8-3-4-10(13)6-12(8)15-19(16,17)7-11-5-9(2)18-14-11/h3-6,15H,7,13H2,1-2H3. The van der Waals surface area contributed by atoms with Gasteiger partial charge in [0.25, 0.3) is 0 Å². The van der Waals surface area contributed by atoms with Gasteiger partial charge in [-0.25, -0.2) is 8.42 Å². The first kappa shape index (κ1) is 13.4. The summed E-state index contributed by atoms with van der Waals surface area (Å²) in [5, 5.41) is 3.66. The topological polar surface area (TPSA) is 98.2 Å². The van der Waals surface area contributed by atoms with E-state index in [-0.39, 0.29) is 5.75 Å². The van der Waals surface area contributed by atoms with Gasteiger partial charge in [0.15, 0.2) is 0 Å². The van der Waals surface area contributed by atoms with Gasteiger partial charge in [0.1, 0.15) is 17.2 Å². The van der Waals surface area contributed by atoms with Crippen molar-refractivity contribution in [3.8, 4) is 0 Å². The molecule has 0 saturated carbocycles. The lowest BCUT2D eigenvalue weighted by Gasteiger charge is -2.10. The number of benzene rings is 1. The zero-order chi connectivity index (χ0) is 14.0. The van der Waals surface area contributed by atoms with E-state index in [4.69, 9.17) is 10.3 Å². The number of aromatic nitrogens is 1. The molecule has 2 aromatic rings. The Bertz CT molecular complexity index is 692. The molecule has 0 aliphatic heterocycles. The number of rotatable bonds is 4. The Labute approximate surface area is 111 Å². The van der Waals surface area contributed by atoms with E-state index in [9.17, 15) is 8.42 Å². The number of anilines is 2. The summed E-state index contributed by atoms with van der Waals surface area (Å²) < 4.78 is 31.4. The molecule has 0 unspecified atom stereocenters. The van der Waals surface area contributed by atoms with Crippen LogP contribution in [-0.2, 0) is 15.8 Å². The molecule has 1 heterocycles. The van der Waals surface area contributed by atoms with E-state index in [2.05, 4.69) is 9.88 Å². The average molecular weight is 281 g/mol. The highest BCUT2D eigenvalue weighted by Crippen LogP contribution is 2.20. The van der Waals surface area contributed by atoms with Crippen molar-refractivity contribution in [2.24, 2.45) is 0 Å². The van der Waals surface area contributed by atoms with Gasteiger partial charge in [0.2, 0.25) is 10.0 Å². The molecule has 19 heavy (non-hydrogen) atoms. The Morgan fingerprint density at radius 2 is 2.05 bits per heavy atom. The third kappa shape index (κ3) is 3.47. The lowest BCUT2D eigenvalue weighted by atomic mass is 10.2. The van der Waals surface area contributed by atoms with Crippen molar-refractivity contribution in [2.45, 2.75) is 19.6 Å². The predicted molar refractivity (Wildman–Crippen MR) is 73.1 cm³/mol. The molecule has 1 aromatic carbocycles. The molecule has 0 fully saturated rings. The predicted octanol–water partition coefficient (Wildman–Crippen LogP) is 1.82. The number of aryl methyl sites for hydroxylation is 2. The average Bonchev–Trinajstić information content (AvgIpc) is 2.68. The zero-order valence-corrected chi connectivity index (χ0v) is 11.5. The van der Waals surface area contributed by atoms with Crippen LogP contribution in [0.3, 0.4) is 0 Å². The van der Waals surface area contributed by atoms with Crippen LogP contribution in [0.4, 0.5) is 11.4 Å². The minimum Gasteiger partial charge on any atom is -0.399 e. The van der Waals surface area contributed by atoms with Crippen LogP contribution in [0.5, 0.6) is 0 Å². The van der Waals surface area contributed by atoms with Crippen LogP contribution in [0.1, 0.15) is 17.0 Å². The number of nitrogens with zero attached hydrogens (tertiary/aromatic N) is 1. The van der Waals surface area contributed by atoms with Crippen molar-refractivity contribution >= 4 is 21.4 Å². The van der Waals surface area contributed by atoms with Gasteiger partial charge in [-0.05, 0) is 31.5 Å². The lowest BCUT2D eigenvalue weighted by Crippen LogP contribution is -2.16. The van der Waals surface area contributed by atoms with Gasteiger partial charge < -0.3 is 10.3 Å². The molecule has 1 aromatic heterocycles. The minimum atomic E-state index is -3.54. The van der Waals surface area contributed by atoms with E-state index >= 15 is 0 Å². The van der Waals surface area contributed by atoms with Crippen molar-refractivity contribution in [2.75, 3.05) is 10.5 Å². The minimum absolute atomic E-state index is 0.238. The summed E-state index contributed by atoms with van der Waals surface area (Å²) in [6.45, 7) is 3.51. The number of nitrogens with two attached hydrogens (primary N) is 1. The van der Waals surface area contributed by atoms with E-state index < -0.39 is 10.0 Å². The molecule has 0 bridgehead atoms. The highest BCUT2D eigenvalue weighted by molar-refractivity contribution is 7.91. The van der Waals surface area contributed by atoms with Crippen LogP contribution < -0.4 is 10.5 Å². The fourth-order valence-electron chi connectivity index (χ4n) is 1.63. The van der Waals surface area contributed by atoms with Gasteiger partial charge in [0.05, 0.1) is 5.69 Å². The highest BCUT2D eigenvalue weighted by Gasteiger charge is 2.15. The Morgan fingerprint density at radius 1 is 1.32 bits per heavy atom. The van der Waals surface area contributed by atoms with Crippen molar-refractivity contribution in [3.63, 3.8) is 0 Å². The Morgan fingerprint density at radius 3 is 2.68 bits per heavy atom. The van der Waals surface area contributed by atoms with Crippen LogP contribution in [0, 0.1) is 13.8 Å². The fraction of sp³-hybridized carbons (Fsp3) is 0.250. The third-order valence-corrected chi connectivity index (χ3v) is 3.75. The second-order valence-electron chi connectivity index (χ2n) is 4.36. The van der Waals surface area contributed by atoms with Crippen LogP contribution in [-0.4, -0.2) is 13.6 Å². The molecule has 6 nitrogen and oxygen atoms in total. The van der Waals surface area contributed by atoms with Crippen LogP contribution in [0.25, 0.3) is 0 Å². The summed E-state index contributed by atoms with van der Waals surface area (Å²) in [7, 11) is -3.54. The molecular formula is C12H15N3O3S. The molecule has 0 radical (unpaired) electrons. The molecule has 0 amide bonds. The number of hydrogen-bond acceptors (Lipinski definition) is 5. The maximum Gasteiger partial charge on any atom is 0.238 e. The second-order valence-corrected chi connectivity index (χ2v) is 6.09. The molecule has 0 aliphatic rings. The normalized spacial score (nSPS) is 11.5. The molecular weight excluding hydrogens is 266 g/mol. The van der Waals surface area contributed by atoms with Gasteiger partial charge in [-0.15, -0.1) is 0 Å². The van der Waals surface area contributed by atoms with Gasteiger partial charge in [-0.3, -0.25) is 4.72 Å². The molecule has 0 saturated heterocycles. The van der Waals surface area contributed by atoms with E-state index in [1.807, 2.05) is 0 Å². The van der Waals surface area contributed by atoms with Crippen LogP contribution in [0.2, 0.25) is 0 Å². The van der Waals surface area contributed by atoms with Crippen molar-refractivity contribution in [3.05, 3.63) is 41.3 Å². The summed E-state index contributed by atoms with van der Waals surface area (Å²) in [4.78, 5) is 0. The van der Waals surface area contributed by atoms with Gasteiger partial charge in [-0.1, -0.05) is 11.2 Å². The first-order valence-corrected chi connectivity index (χ1v) is 7.30. The quantitative estimate of drug-likeness (QED) is 0.833. The fourth-order valence-corrected chi connectivity index (χ4v) is 2.79. The zero-order valence-electron chi connectivity index (χ0n) is 10.7. The third-order valence-electron chi connectivity index (χ3n) is 2.54. The van der Waals surface area contributed by atoms with Gasteiger partial charge in [-0.2, -0.15) is 0 Å². The summed E-state index contributed by atoms with van der Waals surface area (Å²) in [6.07, 6.45) is 0. The van der Waals surface area contributed by atoms with Crippen LogP contribution in [0.15, 0.2) is 28.8 Å². The lowest BCUT2D eigenvalue weighted by molar-refractivity contribution is 0.392. The smallest absolute Gasteiger partial charge is 0.238 e. The summed E-state index contributed by atoms with van der Waals surface area (Å²) >= 11 is 0. The van der Waals surface area contributed by atoms with Gasteiger partial charge >= 0.3 is 0 Å². The molecule has 7 heteroatoms. The maximum atomic E-state index is 12.0. The van der Waals surface area contributed by atoms with Crippen molar-refractivity contribution < 1.29 is 12.9 Å². The monoisotopic (exact) mass is 281 g/mol. The number of hydrogen-bond donors (Lipinski definition) is 2. The number of sulfonamides is 1. The van der Waals surface area contributed by atoms with Gasteiger partial charge in [0, 0.05) is 11.8 Å². The molecule has 0 atom stereocenters. The van der Waals surface area contributed by atoms with E-state index in [1.54, 1.807) is 38.1 Å². The summed E-state index contributed by atoms with van der Waals surface area (Å²) in [6, 6.07) is 6.65. The molecule has 102 valence electrons. The Kier molecular flexibility index (Phi) is 3.48. The highest BCUT2D eigenvalue weighted by atomic mass is 32.2. The molecule has 0 aliphatic carbocycles.